The molecule has 2 fully saturated rings. The van der Waals surface area contributed by atoms with Gasteiger partial charge in [0.05, 0.1) is 11.6 Å². The van der Waals surface area contributed by atoms with Gasteiger partial charge in [-0.1, -0.05) is 42.5 Å². The van der Waals surface area contributed by atoms with Gasteiger partial charge in [0, 0.05) is 12.2 Å². The molecule has 6 heteroatoms. The lowest BCUT2D eigenvalue weighted by molar-refractivity contribution is -0.155. The van der Waals surface area contributed by atoms with Crippen molar-refractivity contribution < 1.29 is 14.3 Å². The predicted molar refractivity (Wildman–Crippen MR) is 101 cm³/mol. The van der Waals surface area contributed by atoms with Crippen LogP contribution in [0.15, 0.2) is 54.6 Å². The second kappa shape index (κ2) is 7.09. The maximum Gasteiger partial charge on any atom is 0.330 e. The molecule has 2 aliphatic heterocycles. The van der Waals surface area contributed by atoms with E-state index in [2.05, 4.69) is 6.07 Å². The third-order valence-electron chi connectivity index (χ3n) is 5.09. The van der Waals surface area contributed by atoms with Gasteiger partial charge in [-0.15, -0.1) is 11.8 Å². The van der Waals surface area contributed by atoms with Crippen molar-refractivity contribution >= 4 is 23.6 Å². The molecule has 0 aliphatic carbocycles. The minimum atomic E-state index is -0.566. The fourth-order valence-electron chi connectivity index (χ4n) is 3.74. The zero-order valence-corrected chi connectivity index (χ0v) is 15.4. The number of esters is 1. The highest BCUT2D eigenvalue weighted by molar-refractivity contribution is 8.00. The van der Waals surface area contributed by atoms with Crippen LogP contribution < -0.4 is 0 Å². The molecule has 2 aromatic rings. The molecule has 2 saturated heterocycles. The summed E-state index contributed by atoms with van der Waals surface area (Å²) in [5.41, 5.74) is 2.44. The molecule has 27 heavy (non-hydrogen) atoms. The van der Waals surface area contributed by atoms with Crippen molar-refractivity contribution in [2.45, 2.75) is 30.4 Å². The summed E-state index contributed by atoms with van der Waals surface area (Å²) in [5.74, 6) is 0.163. The fourth-order valence-corrected chi connectivity index (χ4v) is 5.38. The maximum absolute atomic E-state index is 12.7. The van der Waals surface area contributed by atoms with E-state index in [0.717, 1.165) is 11.1 Å². The summed E-state index contributed by atoms with van der Waals surface area (Å²) >= 11 is 1.65. The first kappa shape index (κ1) is 17.6. The second-order valence-corrected chi connectivity index (χ2v) is 7.95. The van der Waals surface area contributed by atoms with Crippen LogP contribution in [-0.4, -0.2) is 28.6 Å². The number of amides is 1. The molecule has 2 heterocycles. The molecule has 0 unspecified atom stereocenters. The number of thioether (sulfide) groups is 1. The van der Waals surface area contributed by atoms with E-state index in [-0.39, 0.29) is 18.5 Å². The first-order chi connectivity index (χ1) is 13.1. The highest BCUT2D eigenvalue weighted by atomic mass is 32.2. The molecule has 5 nitrogen and oxygen atoms in total. The Morgan fingerprint density at radius 3 is 2.67 bits per heavy atom. The van der Waals surface area contributed by atoms with Crippen LogP contribution in [0.4, 0.5) is 0 Å². The van der Waals surface area contributed by atoms with Crippen molar-refractivity contribution in [3.8, 4) is 6.07 Å². The predicted octanol–water partition coefficient (Wildman–Crippen LogP) is 3.19. The van der Waals surface area contributed by atoms with Gasteiger partial charge in [0.25, 0.3) is 0 Å². The monoisotopic (exact) mass is 378 g/mol. The summed E-state index contributed by atoms with van der Waals surface area (Å²) in [6, 6.07) is 18.3. The third-order valence-corrected chi connectivity index (χ3v) is 6.68. The highest BCUT2D eigenvalue weighted by Gasteiger charge is 2.57. The quantitative estimate of drug-likeness (QED) is 0.764. The number of nitriles is 1. The highest BCUT2D eigenvalue weighted by Crippen LogP contribution is 2.54. The summed E-state index contributed by atoms with van der Waals surface area (Å²) in [4.78, 5) is 26.6. The Labute approximate surface area is 161 Å². The van der Waals surface area contributed by atoms with Crippen LogP contribution in [-0.2, 0) is 25.8 Å². The summed E-state index contributed by atoms with van der Waals surface area (Å²) in [6.07, 6.45) is 1.15. The summed E-state index contributed by atoms with van der Waals surface area (Å²) < 4.78 is 5.49. The number of rotatable bonds is 4. The number of benzene rings is 2. The van der Waals surface area contributed by atoms with Crippen molar-refractivity contribution in [2.75, 3.05) is 5.75 Å². The van der Waals surface area contributed by atoms with Crippen molar-refractivity contribution in [3.05, 3.63) is 71.3 Å². The molecule has 2 aliphatic rings. The molecule has 0 bridgehead atoms. The van der Waals surface area contributed by atoms with Gasteiger partial charge in [-0.25, -0.2) is 4.79 Å². The minimum absolute atomic E-state index is 0.00387. The Balaban J connectivity index is 1.50. The molecule has 0 aromatic heterocycles. The van der Waals surface area contributed by atoms with Crippen molar-refractivity contribution in [1.29, 1.82) is 5.26 Å². The number of hydrogen-bond donors (Lipinski definition) is 0. The molecule has 1 amide bonds. The number of hydrogen-bond acceptors (Lipinski definition) is 5. The van der Waals surface area contributed by atoms with E-state index in [4.69, 9.17) is 10.00 Å². The Bertz CT molecular complexity index is 907. The first-order valence-corrected chi connectivity index (χ1v) is 9.80. The van der Waals surface area contributed by atoms with Crippen LogP contribution in [0, 0.1) is 11.3 Å². The van der Waals surface area contributed by atoms with Gasteiger partial charge in [-0.05, 0) is 29.7 Å². The summed E-state index contributed by atoms with van der Waals surface area (Å²) in [6.45, 7) is 0.131. The zero-order chi connectivity index (χ0) is 18.9. The van der Waals surface area contributed by atoms with Crippen LogP contribution in [0.2, 0.25) is 0 Å². The van der Waals surface area contributed by atoms with Gasteiger partial charge in [0.1, 0.15) is 17.5 Å². The first-order valence-electron chi connectivity index (χ1n) is 8.81. The summed E-state index contributed by atoms with van der Waals surface area (Å²) in [7, 11) is 0. The zero-order valence-electron chi connectivity index (χ0n) is 14.6. The van der Waals surface area contributed by atoms with Crippen LogP contribution >= 0.6 is 11.8 Å². The van der Waals surface area contributed by atoms with E-state index < -0.39 is 10.9 Å². The van der Waals surface area contributed by atoms with E-state index in [0.29, 0.717) is 24.2 Å². The second-order valence-electron chi connectivity index (χ2n) is 6.66. The van der Waals surface area contributed by atoms with Crippen LogP contribution in [0.25, 0.3) is 0 Å². The van der Waals surface area contributed by atoms with Crippen LogP contribution in [0.1, 0.15) is 29.5 Å². The Kier molecular flexibility index (Phi) is 4.63. The van der Waals surface area contributed by atoms with Gasteiger partial charge >= 0.3 is 5.97 Å². The molecule has 2 atom stereocenters. The number of nitrogens with zero attached hydrogens (tertiary/aromatic N) is 2. The number of fused-ring (bicyclic) bond motifs is 1. The molecule has 4 rings (SSSR count). The fraction of sp³-hybridized carbons (Fsp3) is 0.286. The van der Waals surface area contributed by atoms with Gasteiger partial charge < -0.3 is 9.64 Å². The molecule has 0 N–H and O–H groups in total. The normalized spacial score (nSPS) is 23.7. The van der Waals surface area contributed by atoms with E-state index in [9.17, 15) is 9.59 Å². The van der Waals surface area contributed by atoms with Crippen molar-refractivity contribution in [1.82, 2.24) is 4.90 Å². The Hall–Kier alpha value is -2.78. The van der Waals surface area contributed by atoms with E-state index in [1.807, 2.05) is 30.3 Å². The molecular formula is C21H18N2O3S. The Morgan fingerprint density at radius 2 is 1.96 bits per heavy atom. The van der Waals surface area contributed by atoms with E-state index in [1.165, 1.54) is 0 Å². The topological polar surface area (TPSA) is 70.4 Å². The molecule has 0 radical (unpaired) electrons. The summed E-state index contributed by atoms with van der Waals surface area (Å²) in [5, 5.41) is 8.85. The van der Waals surface area contributed by atoms with E-state index >= 15 is 0 Å². The van der Waals surface area contributed by atoms with Crippen molar-refractivity contribution in [3.63, 3.8) is 0 Å². The number of carbonyl (C=O) groups excluding carboxylic acids is 2. The molecular weight excluding hydrogens is 360 g/mol. The SMILES string of the molecule is N#Cc1ccc(COC(=O)[C@H]2CS[C@]3(c4ccccc4)CCC(=O)N23)cc1. The Morgan fingerprint density at radius 1 is 1.22 bits per heavy atom. The number of ether oxygens (including phenoxy) is 1. The van der Waals surface area contributed by atoms with Gasteiger partial charge in [-0.2, -0.15) is 5.26 Å². The minimum Gasteiger partial charge on any atom is -0.459 e. The average Bonchev–Trinajstić information content (AvgIpc) is 3.26. The third kappa shape index (κ3) is 3.08. The lowest BCUT2D eigenvalue weighted by Crippen LogP contribution is -2.46. The van der Waals surface area contributed by atoms with Gasteiger partial charge in [0.15, 0.2) is 0 Å². The van der Waals surface area contributed by atoms with Crippen LogP contribution in [0.5, 0.6) is 0 Å². The largest absolute Gasteiger partial charge is 0.459 e. The van der Waals surface area contributed by atoms with Gasteiger partial charge in [-0.3, -0.25) is 4.79 Å². The van der Waals surface area contributed by atoms with E-state index in [1.54, 1.807) is 40.9 Å². The maximum atomic E-state index is 12.7. The molecule has 0 spiro atoms. The van der Waals surface area contributed by atoms with Crippen molar-refractivity contribution in [2.24, 2.45) is 0 Å². The van der Waals surface area contributed by atoms with Gasteiger partial charge in [0.2, 0.25) is 5.91 Å². The smallest absolute Gasteiger partial charge is 0.330 e. The average molecular weight is 378 g/mol. The molecule has 136 valence electrons. The lowest BCUT2D eigenvalue weighted by atomic mass is 10.0. The standard InChI is InChI=1S/C21H18N2O3S/c22-12-15-6-8-16(9-7-15)13-26-20(25)18-14-27-21(11-10-19(24)23(18)21)17-4-2-1-3-5-17/h1-9,18H,10-11,13-14H2/t18-,21+/m1/s1. The molecule has 0 saturated carbocycles. The lowest BCUT2D eigenvalue weighted by Gasteiger charge is -2.33. The molecule has 2 aromatic carbocycles. The number of carbonyl (C=O) groups is 2. The van der Waals surface area contributed by atoms with Crippen LogP contribution in [0.3, 0.4) is 0 Å².